The molecule has 6 heteroatoms. The van der Waals surface area contributed by atoms with Gasteiger partial charge in [-0.15, -0.1) is 0 Å². The number of imide groups is 1. The van der Waals surface area contributed by atoms with Crippen molar-refractivity contribution in [3.8, 4) is 11.5 Å². The molecular weight excluding hydrogens is 332 g/mol. The van der Waals surface area contributed by atoms with Crippen LogP contribution in [0.15, 0.2) is 35.5 Å². The Balaban J connectivity index is 1.54. The minimum absolute atomic E-state index is 0.00100. The average molecular weight is 354 g/mol. The number of benzene rings is 1. The van der Waals surface area contributed by atoms with Crippen LogP contribution in [-0.2, 0) is 9.59 Å². The number of carbonyl (C=O) groups is 2. The molecule has 0 aromatic heterocycles. The van der Waals surface area contributed by atoms with Gasteiger partial charge in [0.05, 0.1) is 24.2 Å². The van der Waals surface area contributed by atoms with Crippen molar-refractivity contribution >= 4 is 18.0 Å². The first-order valence-electron chi connectivity index (χ1n) is 9.05. The number of hydrogen-bond donors (Lipinski definition) is 1. The normalized spacial score (nSPS) is 29.9. The van der Waals surface area contributed by atoms with Gasteiger partial charge in [0.2, 0.25) is 0 Å². The monoisotopic (exact) mass is 354 g/mol. The van der Waals surface area contributed by atoms with E-state index in [0.29, 0.717) is 11.3 Å². The highest BCUT2D eigenvalue weighted by molar-refractivity contribution is 6.06. The summed E-state index contributed by atoms with van der Waals surface area (Å²) in [5.41, 5.74) is 0.428. The van der Waals surface area contributed by atoms with Gasteiger partial charge in [0.25, 0.3) is 11.8 Å². The van der Waals surface area contributed by atoms with E-state index in [1.807, 2.05) is 13.8 Å². The lowest BCUT2D eigenvalue weighted by Gasteiger charge is -2.37. The summed E-state index contributed by atoms with van der Waals surface area (Å²) in [4.78, 5) is 25.4. The lowest BCUT2D eigenvalue weighted by Crippen LogP contribution is -2.38. The number of carbonyl (C=O) groups excluding carboxylic acids is 2. The van der Waals surface area contributed by atoms with Crippen molar-refractivity contribution in [2.45, 2.75) is 32.8 Å². The summed E-state index contributed by atoms with van der Waals surface area (Å²) in [6, 6.07) is 4.87. The topological polar surface area (TPSA) is 79.2 Å². The number of rotatable bonds is 4. The maximum Gasteiger partial charge on any atom is 0.254 e. The second kappa shape index (κ2) is 6.27. The second-order valence-corrected chi connectivity index (χ2v) is 7.46. The van der Waals surface area contributed by atoms with Crippen LogP contribution in [-0.4, -0.2) is 34.2 Å². The molecule has 0 unspecified atom stereocenters. The number of phenols is 1. The Hall–Kier alpha value is -2.63. The SMILES string of the molecule is CC(C)Oc1ccc(/C=N\N2C(=O)[C@@H]3[C@@H](C2=O)[C@H]2C=C[C@H]3CC2)c(O)c1. The Bertz CT molecular complexity index is 782. The summed E-state index contributed by atoms with van der Waals surface area (Å²) in [7, 11) is 0. The molecule has 6 nitrogen and oxygen atoms in total. The summed E-state index contributed by atoms with van der Waals surface area (Å²) >= 11 is 0. The number of aromatic hydroxyl groups is 1. The van der Waals surface area contributed by atoms with E-state index in [1.165, 1.54) is 12.3 Å². The number of amides is 2. The highest BCUT2D eigenvalue weighted by atomic mass is 16.5. The van der Waals surface area contributed by atoms with E-state index in [4.69, 9.17) is 4.74 Å². The van der Waals surface area contributed by atoms with Crippen molar-refractivity contribution in [1.82, 2.24) is 5.01 Å². The van der Waals surface area contributed by atoms with Crippen molar-refractivity contribution in [3.63, 3.8) is 0 Å². The van der Waals surface area contributed by atoms with Crippen molar-refractivity contribution in [2.75, 3.05) is 0 Å². The third-order valence-corrected chi connectivity index (χ3v) is 5.42. The molecule has 2 fully saturated rings. The van der Waals surface area contributed by atoms with Gasteiger partial charge in [-0.05, 0) is 50.7 Å². The molecule has 1 saturated carbocycles. The van der Waals surface area contributed by atoms with Crippen molar-refractivity contribution in [2.24, 2.45) is 28.8 Å². The highest BCUT2D eigenvalue weighted by Gasteiger charge is 2.56. The van der Waals surface area contributed by atoms with Gasteiger partial charge in [0.15, 0.2) is 0 Å². The molecule has 2 amide bonds. The lowest BCUT2D eigenvalue weighted by atomic mass is 9.63. The first-order valence-corrected chi connectivity index (χ1v) is 9.05. The Morgan fingerprint density at radius 1 is 1.15 bits per heavy atom. The van der Waals surface area contributed by atoms with Gasteiger partial charge in [-0.3, -0.25) is 9.59 Å². The molecule has 5 rings (SSSR count). The number of hydrogen-bond acceptors (Lipinski definition) is 5. The predicted octanol–water partition coefficient (Wildman–Crippen LogP) is 2.71. The van der Waals surface area contributed by atoms with Crippen LogP contribution < -0.4 is 4.74 Å². The quantitative estimate of drug-likeness (QED) is 0.512. The summed E-state index contributed by atoms with van der Waals surface area (Å²) < 4.78 is 5.53. The van der Waals surface area contributed by atoms with Gasteiger partial charge in [-0.2, -0.15) is 10.1 Å². The average Bonchev–Trinajstić information content (AvgIpc) is 2.88. The van der Waals surface area contributed by atoms with Gasteiger partial charge in [0, 0.05) is 11.6 Å². The van der Waals surface area contributed by atoms with E-state index in [9.17, 15) is 14.7 Å². The predicted molar refractivity (Wildman–Crippen MR) is 95.7 cm³/mol. The summed E-state index contributed by atoms with van der Waals surface area (Å²) in [6.45, 7) is 3.80. The fraction of sp³-hybridized carbons (Fsp3) is 0.450. The van der Waals surface area contributed by atoms with E-state index in [-0.39, 0.29) is 47.3 Å². The zero-order valence-electron chi connectivity index (χ0n) is 14.8. The second-order valence-electron chi connectivity index (χ2n) is 7.46. The Kier molecular flexibility index (Phi) is 4.05. The molecule has 1 aliphatic heterocycles. The largest absolute Gasteiger partial charge is 0.507 e. The standard InChI is InChI=1S/C20H22N2O4/c1-11(2)26-15-8-7-14(16(23)9-15)10-21-22-19(24)17-12-3-4-13(6-5-12)18(17)20(22)25/h3-4,7-13,17-18,23H,5-6H2,1-2H3/b21-10-/t12-,13-,17-,18-/m0/s1. The van der Waals surface area contributed by atoms with Gasteiger partial charge >= 0.3 is 0 Å². The molecule has 1 aromatic carbocycles. The van der Waals surface area contributed by atoms with Crippen molar-refractivity contribution < 1.29 is 19.4 Å². The van der Waals surface area contributed by atoms with Gasteiger partial charge < -0.3 is 9.84 Å². The zero-order chi connectivity index (χ0) is 18.4. The maximum absolute atomic E-state index is 12.7. The minimum atomic E-state index is -0.279. The molecule has 136 valence electrons. The summed E-state index contributed by atoms with van der Waals surface area (Å²) in [6.07, 6.45) is 7.42. The molecule has 0 radical (unpaired) electrons. The summed E-state index contributed by atoms with van der Waals surface area (Å²) in [5, 5.41) is 15.2. The lowest BCUT2D eigenvalue weighted by molar-refractivity contribution is -0.140. The summed E-state index contributed by atoms with van der Waals surface area (Å²) in [5.74, 6) is -0.187. The van der Waals surface area contributed by atoms with Crippen LogP contribution in [0.2, 0.25) is 0 Å². The first-order chi connectivity index (χ1) is 12.5. The molecular formula is C20H22N2O4. The van der Waals surface area contributed by atoms with Crippen LogP contribution in [0.3, 0.4) is 0 Å². The maximum atomic E-state index is 12.7. The number of nitrogens with zero attached hydrogens (tertiary/aromatic N) is 2. The minimum Gasteiger partial charge on any atom is -0.507 e. The molecule has 1 saturated heterocycles. The van der Waals surface area contributed by atoms with Crippen LogP contribution in [0.25, 0.3) is 0 Å². The van der Waals surface area contributed by atoms with E-state index in [2.05, 4.69) is 17.3 Å². The zero-order valence-corrected chi connectivity index (χ0v) is 14.8. The van der Waals surface area contributed by atoms with Crippen LogP contribution in [0, 0.1) is 23.7 Å². The van der Waals surface area contributed by atoms with E-state index in [0.717, 1.165) is 17.9 Å². The molecule has 0 spiro atoms. The molecule has 1 aromatic rings. The van der Waals surface area contributed by atoms with Crippen LogP contribution >= 0.6 is 0 Å². The van der Waals surface area contributed by atoms with Gasteiger partial charge in [0.1, 0.15) is 11.5 Å². The van der Waals surface area contributed by atoms with E-state index < -0.39 is 0 Å². The van der Waals surface area contributed by atoms with E-state index in [1.54, 1.807) is 12.1 Å². The third-order valence-electron chi connectivity index (χ3n) is 5.42. The Morgan fingerprint density at radius 2 is 1.77 bits per heavy atom. The molecule has 4 atom stereocenters. The van der Waals surface area contributed by atoms with E-state index >= 15 is 0 Å². The van der Waals surface area contributed by atoms with Crippen LogP contribution in [0.1, 0.15) is 32.3 Å². The van der Waals surface area contributed by atoms with Crippen LogP contribution in [0.5, 0.6) is 11.5 Å². The number of phenolic OH excluding ortho intramolecular Hbond substituents is 1. The number of fused-ring (bicyclic) bond motifs is 1. The smallest absolute Gasteiger partial charge is 0.254 e. The molecule has 3 aliphatic carbocycles. The number of hydrazone groups is 1. The van der Waals surface area contributed by atoms with Gasteiger partial charge in [-0.25, -0.2) is 0 Å². The molecule has 1 heterocycles. The molecule has 4 aliphatic rings. The highest BCUT2D eigenvalue weighted by Crippen LogP contribution is 2.49. The fourth-order valence-electron chi connectivity index (χ4n) is 4.27. The molecule has 2 bridgehead atoms. The van der Waals surface area contributed by atoms with Crippen molar-refractivity contribution in [1.29, 1.82) is 0 Å². The van der Waals surface area contributed by atoms with Crippen LogP contribution in [0.4, 0.5) is 0 Å². The Morgan fingerprint density at radius 3 is 2.27 bits per heavy atom. The first kappa shape index (κ1) is 16.8. The molecule has 1 N–H and O–H groups in total. The number of allylic oxidation sites excluding steroid dienone is 2. The molecule has 26 heavy (non-hydrogen) atoms. The fourth-order valence-corrected chi connectivity index (χ4v) is 4.27. The third kappa shape index (κ3) is 2.69. The van der Waals surface area contributed by atoms with Gasteiger partial charge in [-0.1, -0.05) is 12.2 Å². The van der Waals surface area contributed by atoms with Crippen molar-refractivity contribution in [3.05, 3.63) is 35.9 Å². The number of ether oxygens (including phenoxy) is 1. The Labute approximate surface area is 152 Å².